The molecule has 9 heteroatoms. The van der Waals surface area contributed by atoms with Gasteiger partial charge in [0.15, 0.2) is 6.29 Å². The zero-order valence-corrected chi connectivity index (χ0v) is 29.8. The zero-order chi connectivity index (χ0) is 34.4. The molecule has 0 aromatic heterocycles. The molecular formula is C38H70O9. The van der Waals surface area contributed by atoms with Crippen LogP contribution >= 0.6 is 0 Å². The molecule has 276 valence electrons. The minimum absolute atomic E-state index is 0.115. The van der Waals surface area contributed by atoms with Crippen LogP contribution in [0.5, 0.6) is 0 Å². The van der Waals surface area contributed by atoms with Gasteiger partial charge in [0.2, 0.25) is 0 Å². The second-order valence-electron chi connectivity index (χ2n) is 13.0. The van der Waals surface area contributed by atoms with E-state index in [4.69, 9.17) is 18.9 Å². The SMILES string of the molecule is CCCC/C=C\C/C=C\CCCCCCCCOCC(COC1OC(CO)C(O)C(O)C1O)OC(=O)CCCCCCCCCCC. The van der Waals surface area contributed by atoms with E-state index >= 15 is 0 Å². The normalized spacial score (nSPS) is 22.4. The summed E-state index contributed by atoms with van der Waals surface area (Å²) in [4.78, 5) is 12.6. The summed E-state index contributed by atoms with van der Waals surface area (Å²) in [5, 5.41) is 39.9. The van der Waals surface area contributed by atoms with Crippen molar-refractivity contribution in [2.45, 2.75) is 185 Å². The molecule has 9 nitrogen and oxygen atoms in total. The molecule has 1 saturated heterocycles. The summed E-state index contributed by atoms with van der Waals surface area (Å²) >= 11 is 0. The van der Waals surface area contributed by atoms with Crippen molar-refractivity contribution in [2.75, 3.05) is 26.4 Å². The number of carbonyl (C=O) groups excluding carboxylic acids is 1. The molecule has 4 N–H and O–H groups in total. The Balaban J connectivity index is 2.33. The maximum atomic E-state index is 12.6. The number of hydrogen-bond acceptors (Lipinski definition) is 9. The number of esters is 1. The molecule has 0 saturated carbocycles. The zero-order valence-electron chi connectivity index (χ0n) is 29.8. The quantitative estimate of drug-likeness (QED) is 0.0347. The molecule has 0 aliphatic carbocycles. The molecule has 6 unspecified atom stereocenters. The highest BCUT2D eigenvalue weighted by molar-refractivity contribution is 5.69. The van der Waals surface area contributed by atoms with Crippen LogP contribution in [-0.2, 0) is 23.7 Å². The number of unbranched alkanes of at least 4 members (excludes halogenated alkanes) is 16. The van der Waals surface area contributed by atoms with Gasteiger partial charge in [-0.05, 0) is 38.5 Å². The fourth-order valence-corrected chi connectivity index (χ4v) is 5.57. The topological polar surface area (TPSA) is 135 Å². The summed E-state index contributed by atoms with van der Waals surface area (Å²) in [5.41, 5.74) is 0. The monoisotopic (exact) mass is 671 g/mol. The number of ether oxygens (including phenoxy) is 4. The number of carbonyl (C=O) groups is 1. The van der Waals surface area contributed by atoms with E-state index in [-0.39, 0.29) is 19.2 Å². The summed E-state index contributed by atoms with van der Waals surface area (Å²) in [6.45, 7) is 4.46. The van der Waals surface area contributed by atoms with Crippen LogP contribution < -0.4 is 0 Å². The first-order chi connectivity index (χ1) is 22.9. The molecule has 47 heavy (non-hydrogen) atoms. The average Bonchev–Trinajstić information content (AvgIpc) is 3.07. The van der Waals surface area contributed by atoms with Crippen LogP contribution in [0.3, 0.4) is 0 Å². The summed E-state index contributed by atoms with van der Waals surface area (Å²) in [7, 11) is 0. The lowest BCUT2D eigenvalue weighted by Gasteiger charge is -2.39. The van der Waals surface area contributed by atoms with Gasteiger partial charge in [-0.15, -0.1) is 0 Å². The smallest absolute Gasteiger partial charge is 0.306 e. The van der Waals surface area contributed by atoms with Crippen molar-refractivity contribution in [3.8, 4) is 0 Å². The Kier molecular flexibility index (Phi) is 28.5. The first-order valence-electron chi connectivity index (χ1n) is 18.9. The van der Waals surface area contributed by atoms with Gasteiger partial charge in [-0.25, -0.2) is 0 Å². The highest BCUT2D eigenvalue weighted by Crippen LogP contribution is 2.22. The Bertz CT molecular complexity index is 772. The van der Waals surface area contributed by atoms with Crippen LogP contribution in [0.25, 0.3) is 0 Å². The van der Waals surface area contributed by atoms with E-state index in [0.717, 1.165) is 51.4 Å². The molecule has 0 spiro atoms. The molecule has 0 aromatic rings. The molecule has 0 aromatic carbocycles. The van der Waals surface area contributed by atoms with Gasteiger partial charge in [0.1, 0.15) is 30.5 Å². The molecule has 1 aliphatic rings. The van der Waals surface area contributed by atoms with Crippen LogP contribution in [0.1, 0.15) is 149 Å². The summed E-state index contributed by atoms with van der Waals surface area (Å²) in [6.07, 6.45) is 24.9. The molecule has 6 atom stereocenters. The van der Waals surface area contributed by atoms with Crippen molar-refractivity contribution in [3.63, 3.8) is 0 Å². The Hall–Kier alpha value is -1.33. The third-order valence-corrected chi connectivity index (χ3v) is 8.62. The van der Waals surface area contributed by atoms with Gasteiger partial charge in [0.05, 0.1) is 19.8 Å². The van der Waals surface area contributed by atoms with Crippen molar-refractivity contribution in [1.29, 1.82) is 0 Å². The maximum absolute atomic E-state index is 12.6. The van der Waals surface area contributed by atoms with Crippen LogP contribution in [0.15, 0.2) is 24.3 Å². The third-order valence-electron chi connectivity index (χ3n) is 8.62. The standard InChI is InChI=1S/C38H70O9/c1-3-5-7-9-11-13-14-15-16-17-18-20-22-24-26-28-44-30-32(31-45-38-37(43)36(42)35(41)33(29-39)47-38)46-34(40)27-25-23-21-19-12-10-8-6-4-2/h9,11,14-15,32-33,35-39,41-43H,3-8,10,12-13,16-31H2,1-2H3/b11-9-,15-14-. The van der Waals surface area contributed by atoms with Gasteiger partial charge in [-0.2, -0.15) is 0 Å². The molecule has 0 bridgehead atoms. The van der Waals surface area contributed by atoms with Crippen molar-refractivity contribution >= 4 is 5.97 Å². The molecule has 0 amide bonds. The minimum atomic E-state index is -1.53. The minimum Gasteiger partial charge on any atom is -0.457 e. The molecule has 0 radical (unpaired) electrons. The van der Waals surface area contributed by atoms with Crippen LogP contribution in [0.4, 0.5) is 0 Å². The van der Waals surface area contributed by atoms with Crippen LogP contribution in [0.2, 0.25) is 0 Å². The average molecular weight is 671 g/mol. The van der Waals surface area contributed by atoms with E-state index in [1.807, 2.05) is 0 Å². The molecular weight excluding hydrogens is 600 g/mol. The summed E-state index contributed by atoms with van der Waals surface area (Å²) < 4.78 is 22.6. The number of hydrogen-bond donors (Lipinski definition) is 4. The number of aliphatic hydroxyl groups is 4. The van der Waals surface area contributed by atoms with Gasteiger partial charge in [-0.1, -0.05) is 128 Å². The van der Waals surface area contributed by atoms with Crippen molar-refractivity contribution in [1.82, 2.24) is 0 Å². The highest BCUT2D eigenvalue weighted by atomic mass is 16.7. The van der Waals surface area contributed by atoms with E-state index in [2.05, 4.69) is 38.2 Å². The Morgan fingerprint density at radius 1 is 0.681 bits per heavy atom. The Morgan fingerprint density at radius 3 is 1.89 bits per heavy atom. The van der Waals surface area contributed by atoms with Crippen LogP contribution in [-0.4, -0.2) is 89.6 Å². The molecule has 1 fully saturated rings. The fraction of sp³-hybridized carbons (Fsp3) is 0.868. The van der Waals surface area contributed by atoms with Crippen molar-refractivity contribution < 1.29 is 44.2 Å². The van der Waals surface area contributed by atoms with Gasteiger partial charge in [0.25, 0.3) is 0 Å². The van der Waals surface area contributed by atoms with E-state index in [9.17, 15) is 25.2 Å². The number of aliphatic hydroxyl groups excluding tert-OH is 4. The van der Waals surface area contributed by atoms with Gasteiger partial charge < -0.3 is 39.4 Å². The first kappa shape index (κ1) is 43.7. The summed E-state index contributed by atoms with van der Waals surface area (Å²) in [6, 6.07) is 0. The van der Waals surface area contributed by atoms with Gasteiger partial charge in [0, 0.05) is 13.0 Å². The second-order valence-corrected chi connectivity index (χ2v) is 13.0. The molecule has 1 rings (SSSR count). The van der Waals surface area contributed by atoms with Gasteiger partial charge >= 0.3 is 5.97 Å². The maximum Gasteiger partial charge on any atom is 0.306 e. The highest BCUT2D eigenvalue weighted by Gasteiger charge is 2.44. The predicted molar refractivity (Wildman–Crippen MR) is 187 cm³/mol. The summed E-state index contributed by atoms with van der Waals surface area (Å²) in [5.74, 6) is -0.322. The van der Waals surface area contributed by atoms with E-state index in [0.29, 0.717) is 13.0 Å². The number of allylic oxidation sites excluding steroid dienone is 4. The van der Waals surface area contributed by atoms with Gasteiger partial charge in [-0.3, -0.25) is 4.79 Å². The lowest BCUT2D eigenvalue weighted by Crippen LogP contribution is -2.59. The van der Waals surface area contributed by atoms with Crippen molar-refractivity contribution in [3.05, 3.63) is 24.3 Å². The predicted octanol–water partition coefficient (Wildman–Crippen LogP) is 7.08. The van der Waals surface area contributed by atoms with Crippen molar-refractivity contribution in [2.24, 2.45) is 0 Å². The van der Waals surface area contributed by atoms with Crippen LogP contribution in [0, 0.1) is 0 Å². The first-order valence-corrected chi connectivity index (χ1v) is 18.9. The molecule has 1 aliphatic heterocycles. The van der Waals surface area contributed by atoms with E-state index in [1.54, 1.807) is 0 Å². The number of rotatable bonds is 31. The lowest BCUT2D eigenvalue weighted by atomic mass is 9.99. The fourth-order valence-electron chi connectivity index (χ4n) is 5.57. The Morgan fingerprint density at radius 2 is 1.26 bits per heavy atom. The van der Waals surface area contributed by atoms with E-state index in [1.165, 1.54) is 77.0 Å². The molecule has 1 heterocycles. The largest absolute Gasteiger partial charge is 0.457 e. The Labute approximate surface area is 286 Å². The lowest BCUT2D eigenvalue weighted by molar-refractivity contribution is -0.305. The van der Waals surface area contributed by atoms with E-state index < -0.39 is 43.4 Å². The second kappa shape index (κ2) is 30.7. The third kappa shape index (κ3) is 22.8.